The molecule has 2 N–H and O–H groups in total. The Hall–Kier alpha value is -0.610. The summed E-state index contributed by atoms with van der Waals surface area (Å²) >= 11 is 0. The van der Waals surface area contributed by atoms with Crippen molar-refractivity contribution in [2.24, 2.45) is 11.7 Å². The lowest BCUT2D eigenvalue weighted by Gasteiger charge is -2.27. The van der Waals surface area contributed by atoms with E-state index in [0.29, 0.717) is 12.0 Å². The third-order valence-corrected chi connectivity index (χ3v) is 3.60. The number of nitrogens with zero attached hydrogens (tertiary/aromatic N) is 2. The molecule has 2 fully saturated rings. The van der Waals surface area contributed by atoms with Crippen LogP contribution in [0.4, 0.5) is 0 Å². The normalized spacial score (nSPS) is 28.1. The van der Waals surface area contributed by atoms with E-state index in [-0.39, 0.29) is 11.9 Å². The number of rotatable bonds is 4. The van der Waals surface area contributed by atoms with Crippen LogP contribution in [0.1, 0.15) is 26.2 Å². The summed E-state index contributed by atoms with van der Waals surface area (Å²) in [7, 11) is 2.15. The second-order valence-corrected chi connectivity index (χ2v) is 5.43. The van der Waals surface area contributed by atoms with E-state index in [1.165, 1.54) is 19.3 Å². The highest BCUT2D eigenvalue weighted by Gasteiger charge is 2.35. The first-order chi connectivity index (χ1) is 7.58. The van der Waals surface area contributed by atoms with Gasteiger partial charge in [0.2, 0.25) is 5.91 Å². The molecule has 1 heterocycles. The zero-order valence-electron chi connectivity index (χ0n) is 10.4. The first-order valence-electron chi connectivity index (χ1n) is 6.32. The minimum Gasteiger partial charge on any atom is -0.338 e. The Morgan fingerprint density at radius 2 is 2.19 bits per heavy atom. The van der Waals surface area contributed by atoms with Crippen molar-refractivity contribution in [2.45, 2.75) is 38.3 Å². The van der Waals surface area contributed by atoms with Gasteiger partial charge in [0.05, 0.1) is 6.04 Å². The molecule has 4 heteroatoms. The Labute approximate surface area is 97.8 Å². The lowest BCUT2D eigenvalue weighted by molar-refractivity contribution is -0.133. The van der Waals surface area contributed by atoms with Crippen molar-refractivity contribution in [3.05, 3.63) is 0 Å². The van der Waals surface area contributed by atoms with Gasteiger partial charge in [0, 0.05) is 19.1 Å². The SMILES string of the molecule is C[C@H](N)C(=O)N(C[C@H]1CCN(C)C1)C1CC1. The Bertz CT molecular complexity index is 263. The molecule has 0 radical (unpaired) electrons. The maximum atomic E-state index is 12.0. The Morgan fingerprint density at radius 3 is 2.62 bits per heavy atom. The molecule has 0 unspecified atom stereocenters. The van der Waals surface area contributed by atoms with Gasteiger partial charge in [-0.25, -0.2) is 0 Å². The maximum absolute atomic E-state index is 12.0. The van der Waals surface area contributed by atoms with Gasteiger partial charge in [0.25, 0.3) is 0 Å². The Morgan fingerprint density at radius 1 is 1.50 bits per heavy atom. The monoisotopic (exact) mass is 225 g/mol. The topological polar surface area (TPSA) is 49.6 Å². The molecule has 1 saturated heterocycles. The molecule has 0 aromatic carbocycles. The molecule has 0 aromatic heterocycles. The van der Waals surface area contributed by atoms with E-state index in [1.54, 1.807) is 6.92 Å². The van der Waals surface area contributed by atoms with Crippen LogP contribution in [0.3, 0.4) is 0 Å². The summed E-state index contributed by atoms with van der Waals surface area (Å²) in [6, 6.07) is 0.143. The summed E-state index contributed by atoms with van der Waals surface area (Å²) in [5.41, 5.74) is 5.70. The van der Waals surface area contributed by atoms with Crippen LogP contribution in [-0.2, 0) is 4.79 Å². The number of likely N-dealkylation sites (tertiary alicyclic amines) is 1. The molecule has 1 amide bonds. The Balaban J connectivity index is 1.90. The summed E-state index contributed by atoms with van der Waals surface area (Å²) in [5, 5.41) is 0. The predicted molar refractivity (Wildman–Crippen MR) is 64.0 cm³/mol. The fourth-order valence-electron chi connectivity index (χ4n) is 2.52. The Kier molecular flexibility index (Phi) is 3.50. The molecule has 16 heavy (non-hydrogen) atoms. The molecule has 0 spiro atoms. The van der Waals surface area contributed by atoms with Gasteiger partial charge in [-0.1, -0.05) is 0 Å². The van der Waals surface area contributed by atoms with Crippen LogP contribution in [0.15, 0.2) is 0 Å². The predicted octanol–water partition coefficient (Wildman–Crippen LogP) is 0.276. The average molecular weight is 225 g/mol. The minimum absolute atomic E-state index is 0.136. The van der Waals surface area contributed by atoms with E-state index in [1.807, 2.05) is 4.90 Å². The van der Waals surface area contributed by atoms with Gasteiger partial charge in [-0.05, 0) is 45.7 Å². The summed E-state index contributed by atoms with van der Waals surface area (Å²) in [6.45, 7) is 4.98. The first kappa shape index (κ1) is 11.9. The molecule has 2 rings (SSSR count). The van der Waals surface area contributed by atoms with Gasteiger partial charge >= 0.3 is 0 Å². The number of carbonyl (C=O) groups is 1. The van der Waals surface area contributed by atoms with Crippen LogP contribution in [0.2, 0.25) is 0 Å². The molecule has 2 aliphatic rings. The van der Waals surface area contributed by atoms with Gasteiger partial charge in [-0.3, -0.25) is 4.79 Å². The van der Waals surface area contributed by atoms with E-state index in [4.69, 9.17) is 5.73 Å². The smallest absolute Gasteiger partial charge is 0.239 e. The lowest BCUT2D eigenvalue weighted by Crippen LogP contribution is -2.45. The highest BCUT2D eigenvalue weighted by Crippen LogP contribution is 2.29. The summed E-state index contributed by atoms with van der Waals surface area (Å²) in [6.07, 6.45) is 3.55. The number of nitrogens with two attached hydrogens (primary N) is 1. The van der Waals surface area contributed by atoms with Crippen molar-refractivity contribution in [2.75, 3.05) is 26.7 Å². The van der Waals surface area contributed by atoms with Crippen LogP contribution < -0.4 is 5.73 Å². The quantitative estimate of drug-likeness (QED) is 0.747. The highest BCUT2D eigenvalue weighted by molar-refractivity contribution is 5.81. The molecule has 1 aliphatic heterocycles. The molecular weight excluding hydrogens is 202 g/mol. The maximum Gasteiger partial charge on any atom is 0.239 e. The molecule has 92 valence electrons. The second kappa shape index (κ2) is 4.72. The molecule has 1 saturated carbocycles. The van der Waals surface area contributed by atoms with Crippen LogP contribution in [0, 0.1) is 5.92 Å². The third kappa shape index (κ3) is 2.74. The standard InChI is InChI=1S/C12H23N3O/c1-9(13)12(16)15(11-3-4-11)8-10-5-6-14(2)7-10/h9-11H,3-8,13H2,1-2H3/t9-,10-/m0/s1. The van der Waals surface area contributed by atoms with Gasteiger partial charge in [0.1, 0.15) is 0 Å². The van der Waals surface area contributed by atoms with E-state index >= 15 is 0 Å². The molecule has 4 nitrogen and oxygen atoms in total. The summed E-state index contributed by atoms with van der Waals surface area (Å²) in [5.74, 6) is 0.783. The van der Waals surface area contributed by atoms with E-state index < -0.39 is 0 Å². The van der Waals surface area contributed by atoms with Crippen molar-refractivity contribution >= 4 is 5.91 Å². The van der Waals surface area contributed by atoms with Gasteiger partial charge in [0.15, 0.2) is 0 Å². The fourth-order valence-corrected chi connectivity index (χ4v) is 2.52. The van der Waals surface area contributed by atoms with Crippen LogP contribution >= 0.6 is 0 Å². The minimum atomic E-state index is -0.347. The molecule has 0 aromatic rings. The first-order valence-corrected chi connectivity index (χ1v) is 6.32. The molecule has 2 atom stereocenters. The fraction of sp³-hybridized carbons (Fsp3) is 0.917. The van der Waals surface area contributed by atoms with Gasteiger partial charge in [-0.15, -0.1) is 0 Å². The van der Waals surface area contributed by atoms with Crippen molar-refractivity contribution in [3.63, 3.8) is 0 Å². The molecule has 1 aliphatic carbocycles. The van der Waals surface area contributed by atoms with Crippen LogP contribution in [0.25, 0.3) is 0 Å². The molecule has 0 bridgehead atoms. The molecular formula is C12H23N3O. The summed E-state index contributed by atoms with van der Waals surface area (Å²) in [4.78, 5) is 16.4. The number of carbonyl (C=O) groups excluding carboxylic acids is 1. The lowest BCUT2D eigenvalue weighted by atomic mass is 10.1. The van der Waals surface area contributed by atoms with E-state index in [9.17, 15) is 4.79 Å². The summed E-state index contributed by atoms with van der Waals surface area (Å²) < 4.78 is 0. The number of hydrogen-bond acceptors (Lipinski definition) is 3. The van der Waals surface area contributed by atoms with E-state index in [0.717, 1.165) is 19.6 Å². The zero-order valence-corrected chi connectivity index (χ0v) is 10.4. The third-order valence-electron chi connectivity index (χ3n) is 3.60. The number of hydrogen-bond donors (Lipinski definition) is 1. The van der Waals surface area contributed by atoms with Crippen molar-refractivity contribution in [1.29, 1.82) is 0 Å². The number of amides is 1. The highest BCUT2D eigenvalue weighted by atomic mass is 16.2. The zero-order chi connectivity index (χ0) is 11.7. The van der Waals surface area contributed by atoms with Crippen LogP contribution in [-0.4, -0.2) is 54.5 Å². The second-order valence-electron chi connectivity index (χ2n) is 5.43. The van der Waals surface area contributed by atoms with E-state index in [2.05, 4.69) is 11.9 Å². The van der Waals surface area contributed by atoms with Crippen molar-refractivity contribution < 1.29 is 4.79 Å². The van der Waals surface area contributed by atoms with Gasteiger partial charge in [-0.2, -0.15) is 0 Å². The van der Waals surface area contributed by atoms with Crippen LogP contribution in [0.5, 0.6) is 0 Å². The van der Waals surface area contributed by atoms with Gasteiger partial charge < -0.3 is 15.5 Å². The van der Waals surface area contributed by atoms with Crippen molar-refractivity contribution in [1.82, 2.24) is 9.80 Å². The largest absolute Gasteiger partial charge is 0.338 e. The van der Waals surface area contributed by atoms with Crippen molar-refractivity contribution in [3.8, 4) is 0 Å². The average Bonchev–Trinajstić information content (AvgIpc) is 2.98.